The van der Waals surface area contributed by atoms with Crippen LogP contribution in [0.25, 0.3) is 5.65 Å². The summed E-state index contributed by atoms with van der Waals surface area (Å²) in [5.74, 6) is -1.71. The fourth-order valence-electron chi connectivity index (χ4n) is 2.73. The van der Waals surface area contributed by atoms with Gasteiger partial charge in [0.2, 0.25) is 0 Å². The van der Waals surface area contributed by atoms with Crippen molar-refractivity contribution >= 4 is 17.5 Å². The van der Waals surface area contributed by atoms with Crippen LogP contribution in [0.1, 0.15) is 28.9 Å². The second-order valence-electron chi connectivity index (χ2n) is 5.88. The molecular formula is C15H14F3N3O3. The van der Waals surface area contributed by atoms with E-state index < -0.39 is 23.8 Å². The minimum absolute atomic E-state index is 0.0265. The van der Waals surface area contributed by atoms with E-state index in [4.69, 9.17) is 5.11 Å². The SMILES string of the molecule is CN(C(=O)c1ccn2cc(C(F)(F)F)nc2c1)C1CC(C(=O)O)C1. The summed E-state index contributed by atoms with van der Waals surface area (Å²) in [6, 6.07) is 2.53. The molecule has 2 aromatic rings. The summed E-state index contributed by atoms with van der Waals surface area (Å²) in [6.45, 7) is 0. The van der Waals surface area contributed by atoms with E-state index in [1.54, 1.807) is 7.05 Å². The Labute approximate surface area is 134 Å². The van der Waals surface area contributed by atoms with E-state index in [0.29, 0.717) is 12.8 Å². The molecule has 0 aliphatic heterocycles. The van der Waals surface area contributed by atoms with E-state index in [2.05, 4.69) is 4.98 Å². The van der Waals surface area contributed by atoms with Gasteiger partial charge in [-0.1, -0.05) is 0 Å². The van der Waals surface area contributed by atoms with Crippen molar-refractivity contribution in [2.45, 2.75) is 25.1 Å². The second kappa shape index (κ2) is 5.50. The first-order valence-electron chi connectivity index (χ1n) is 7.22. The molecule has 0 atom stereocenters. The summed E-state index contributed by atoms with van der Waals surface area (Å²) < 4.78 is 39.2. The third-order valence-electron chi connectivity index (χ3n) is 4.33. The molecule has 1 fully saturated rings. The smallest absolute Gasteiger partial charge is 0.434 e. The number of carboxylic acid groups (broad SMARTS) is 1. The lowest BCUT2D eigenvalue weighted by atomic mass is 9.79. The van der Waals surface area contributed by atoms with Gasteiger partial charge in [-0.25, -0.2) is 4.98 Å². The highest BCUT2D eigenvalue weighted by atomic mass is 19.4. The molecule has 2 heterocycles. The standard InChI is InChI=1S/C15H14F3N3O3/c1-20(10-4-9(5-10)14(23)24)13(22)8-2-3-21-7-11(15(16,17)18)19-12(21)6-8/h2-3,6-7,9-10H,4-5H2,1H3,(H,23,24). The number of alkyl halides is 3. The van der Waals surface area contributed by atoms with Gasteiger partial charge >= 0.3 is 12.1 Å². The third kappa shape index (κ3) is 2.81. The fraction of sp³-hybridized carbons (Fsp3) is 0.400. The summed E-state index contributed by atoms with van der Waals surface area (Å²) in [5.41, 5.74) is -0.787. The lowest BCUT2D eigenvalue weighted by molar-refractivity contribution is -0.146. The summed E-state index contributed by atoms with van der Waals surface area (Å²) in [4.78, 5) is 28.2. The number of imidazole rings is 1. The molecule has 0 aromatic carbocycles. The van der Waals surface area contributed by atoms with Crippen LogP contribution in [0.2, 0.25) is 0 Å². The summed E-state index contributed by atoms with van der Waals surface area (Å²) in [6.07, 6.45) is -1.59. The fourth-order valence-corrected chi connectivity index (χ4v) is 2.73. The van der Waals surface area contributed by atoms with Gasteiger partial charge < -0.3 is 14.4 Å². The first-order valence-corrected chi connectivity index (χ1v) is 7.22. The Morgan fingerprint density at radius 2 is 2.04 bits per heavy atom. The van der Waals surface area contributed by atoms with Crippen LogP contribution in [-0.4, -0.2) is 44.4 Å². The molecule has 1 amide bonds. The Balaban J connectivity index is 1.79. The minimum atomic E-state index is -4.55. The topological polar surface area (TPSA) is 74.9 Å². The summed E-state index contributed by atoms with van der Waals surface area (Å²) in [7, 11) is 1.56. The van der Waals surface area contributed by atoms with E-state index in [1.165, 1.54) is 27.6 Å². The number of amides is 1. The molecule has 1 saturated carbocycles. The van der Waals surface area contributed by atoms with Crippen molar-refractivity contribution in [2.24, 2.45) is 5.92 Å². The number of pyridine rings is 1. The summed E-state index contributed by atoms with van der Waals surface area (Å²) in [5, 5.41) is 8.87. The number of carbonyl (C=O) groups is 2. The zero-order valence-corrected chi connectivity index (χ0v) is 12.6. The van der Waals surface area contributed by atoms with E-state index in [0.717, 1.165) is 6.20 Å². The van der Waals surface area contributed by atoms with Crippen LogP contribution >= 0.6 is 0 Å². The average molecular weight is 341 g/mol. The van der Waals surface area contributed by atoms with Crippen LogP contribution in [0.4, 0.5) is 13.2 Å². The van der Waals surface area contributed by atoms with Gasteiger partial charge in [0.1, 0.15) is 5.65 Å². The highest BCUT2D eigenvalue weighted by molar-refractivity contribution is 5.95. The molecule has 0 unspecified atom stereocenters. The zero-order valence-electron chi connectivity index (χ0n) is 12.6. The van der Waals surface area contributed by atoms with Crippen LogP contribution in [-0.2, 0) is 11.0 Å². The van der Waals surface area contributed by atoms with E-state index in [1.807, 2.05) is 0 Å². The monoisotopic (exact) mass is 341 g/mol. The number of nitrogens with zero attached hydrogens (tertiary/aromatic N) is 3. The molecule has 6 nitrogen and oxygen atoms in total. The predicted octanol–water partition coefficient (Wildman–Crippen LogP) is 2.29. The second-order valence-corrected chi connectivity index (χ2v) is 5.88. The van der Waals surface area contributed by atoms with Crippen molar-refractivity contribution in [2.75, 3.05) is 7.05 Å². The first kappa shape index (κ1) is 16.3. The average Bonchev–Trinajstić information content (AvgIpc) is 2.87. The van der Waals surface area contributed by atoms with Gasteiger partial charge in [-0.3, -0.25) is 9.59 Å². The number of halogens is 3. The largest absolute Gasteiger partial charge is 0.481 e. The molecule has 9 heteroatoms. The number of aromatic nitrogens is 2. The molecule has 3 rings (SSSR count). The van der Waals surface area contributed by atoms with Crippen molar-refractivity contribution in [3.63, 3.8) is 0 Å². The maximum absolute atomic E-state index is 12.7. The molecule has 0 bridgehead atoms. The van der Waals surface area contributed by atoms with Gasteiger partial charge in [0.25, 0.3) is 5.91 Å². The maximum atomic E-state index is 12.7. The van der Waals surface area contributed by atoms with E-state index in [-0.39, 0.29) is 23.2 Å². The van der Waals surface area contributed by atoms with Crippen LogP contribution < -0.4 is 0 Å². The van der Waals surface area contributed by atoms with Gasteiger partial charge in [-0.15, -0.1) is 0 Å². The van der Waals surface area contributed by atoms with Crippen LogP contribution in [0, 0.1) is 5.92 Å². The van der Waals surface area contributed by atoms with Gasteiger partial charge in [0.05, 0.1) is 5.92 Å². The number of carbonyl (C=O) groups excluding carboxylic acids is 1. The number of hydrogen-bond donors (Lipinski definition) is 1. The van der Waals surface area contributed by atoms with Crippen molar-refractivity contribution in [1.82, 2.24) is 14.3 Å². The quantitative estimate of drug-likeness (QED) is 0.929. The number of fused-ring (bicyclic) bond motifs is 1. The van der Waals surface area contributed by atoms with Gasteiger partial charge in [0, 0.05) is 31.0 Å². The first-order chi connectivity index (χ1) is 11.2. The number of hydrogen-bond acceptors (Lipinski definition) is 3. The molecule has 2 aromatic heterocycles. The number of aliphatic carboxylic acids is 1. The lowest BCUT2D eigenvalue weighted by Gasteiger charge is -2.39. The molecular weight excluding hydrogens is 327 g/mol. The molecule has 24 heavy (non-hydrogen) atoms. The molecule has 0 saturated heterocycles. The third-order valence-corrected chi connectivity index (χ3v) is 4.33. The van der Waals surface area contributed by atoms with Crippen molar-refractivity contribution < 1.29 is 27.9 Å². The van der Waals surface area contributed by atoms with Crippen LogP contribution in [0.3, 0.4) is 0 Å². The maximum Gasteiger partial charge on any atom is 0.434 e. The van der Waals surface area contributed by atoms with Crippen molar-refractivity contribution in [3.8, 4) is 0 Å². The predicted molar refractivity (Wildman–Crippen MR) is 76.4 cm³/mol. The molecule has 0 radical (unpaired) electrons. The molecule has 1 N–H and O–H groups in total. The van der Waals surface area contributed by atoms with E-state index in [9.17, 15) is 22.8 Å². The van der Waals surface area contributed by atoms with Gasteiger partial charge in [-0.05, 0) is 25.0 Å². The summed E-state index contributed by atoms with van der Waals surface area (Å²) >= 11 is 0. The van der Waals surface area contributed by atoms with Crippen molar-refractivity contribution in [3.05, 3.63) is 35.8 Å². The molecule has 1 aliphatic rings. The Bertz CT molecular complexity index is 809. The Morgan fingerprint density at radius 3 is 2.62 bits per heavy atom. The number of rotatable bonds is 3. The minimum Gasteiger partial charge on any atom is -0.481 e. The van der Waals surface area contributed by atoms with Gasteiger partial charge in [0.15, 0.2) is 5.69 Å². The van der Waals surface area contributed by atoms with Crippen LogP contribution in [0.5, 0.6) is 0 Å². The van der Waals surface area contributed by atoms with Crippen molar-refractivity contribution in [1.29, 1.82) is 0 Å². The zero-order chi connectivity index (χ0) is 17.6. The Morgan fingerprint density at radius 1 is 1.38 bits per heavy atom. The highest BCUT2D eigenvalue weighted by Crippen LogP contribution is 2.32. The Hall–Kier alpha value is -2.58. The Kier molecular flexibility index (Phi) is 3.73. The van der Waals surface area contributed by atoms with Gasteiger partial charge in [-0.2, -0.15) is 13.2 Å². The normalized spacial score (nSPS) is 20.7. The molecule has 1 aliphatic carbocycles. The van der Waals surface area contributed by atoms with Crippen LogP contribution in [0.15, 0.2) is 24.5 Å². The highest BCUT2D eigenvalue weighted by Gasteiger charge is 2.38. The molecule has 128 valence electrons. The molecule has 0 spiro atoms. The van der Waals surface area contributed by atoms with E-state index >= 15 is 0 Å². The lowest BCUT2D eigenvalue weighted by Crippen LogP contribution is -2.47. The number of carboxylic acids is 1.